The number of carbonyl (C=O) groups excluding carboxylic acids is 1. The van der Waals surface area contributed by atoms with E-state index in [-0.39, 0.29) is 13.4 Å². The van der Waals surface area contributed by atoms with Crippen LogP contribution in [-0.4, -0.2) is 277 Å². The summed E-state index contributed by atoms with van der Waals surface area (Å²) in [5.74, 6) is 1.04. The van der Waals surface area contributed by atoms with Gasteiger partial charge in [-0.05, 0) is 147 Å². The van der Waals surface area contributed by atoms with Gasteiger partial charge in [0.2, 0.25) is 0 Å². The summed E-state index contributed by atoms with van der Waals surface area (Å²) in [6, 6.07) is 7.20. The van der Waals surface area contributed by atoms with Crippen molar-refractivity contribution in [3.8, 4) is 0 Å². The summed E-state index contributed by atoms with van der Waals surface area (Å²) in [5, 5.41) is 86.1. The second-order valence-electron chi connectivity index (χ2n) is 22.4. The van der Waals surface area contributed by atoms with Gasteiger partial charge in [0.05, 0.1) is 49.6 Å². The molecule has 0 saturated carbocycles. The highest BCUT2D eigenvalue weighted by Crippen LogP contribution is 2.33. The van der Waals surface area contributed by atoms with Gasteiger partial charge in [0.1, 0.15) is 16.6 Å². The number of nitrogens with zero attached hydrogens (tertiary/aromatic N) is 4. The van der Waals surface area contributed by atoms with E-state index >= 15 is 0 Å². The largest absolute Gasteiger partial charge is 0.480 e. The number of aromatic nitrogens is 1. The molecule has 1 rings (SSSR count). The number of anilines is 1. The van der Waals surface area contributed by atoms with Gasteiger partial charge in [-0.25, -0.2) is 9.98 Å². The van der Waals surface area contributed by atoms with Gasteiger partial charge in [-0.2, -0.15) is 0 Å². The summed E-state index contributed by atoms with van der Waals surface area (Å²) in [5.41, 5.74) is 1.19. The maximum absolute atomic E-state index is 11.6. The zero-order valence-corrected chi connectivity index (χ0v) is 78.7. The van der Waals surface area contributed by atoms with Crippen molar-refractivity contribution in [2.24, 2.45) is 9.98 Å². The molecule has 0 amide bonds. The van der Waals surface area contributed by atoms with Crippen LogP contribution in [0.15, 0.2) is 34.5 Å². The van der Waals surface area contributed by atoms with Crippen LogP contribution in [0.3, 0.4) is 0 Å². The van der Waals surface area contributed by atoms with E-state index < -0.39 is 15.5 Å². The van der Waals surface area contributed by atoms with Gasteiger partial charge >= 0.3 is 11.9 Å². The predicted molar refractivity (Wildman–Crippen MR) is 480 cm³/mol. The number of thiocarbonyl (C=S) groups is 2. The Kier molecular flexibility index (Phi) is 214. The normalized spacial score (nSPS) is 8.92. The lowest BCUT2D eigenvalue weighted by molar-refractivity contribution is -0.142. The molecule has 1 aromatic rings. The first kappa shape index (κ1) is 153. The molecule has 0 aromatic carbocycles. The van der Waals surface area contributed by atoms with Crippen molar-refractivity contribution in [2.45, 2.75) is 306 Å². The molecule has 656 valence electrons. The fourth-order valence-electron chi connectivity index (χ4n) is 5.20. The minimum Gasteiger partial charge on any atom is -0.480 e. The average Bonchev–Trinajstić information content (AvgIpc) is 0.890. The van der Waals surface area contributed by atoms with Crippen molar-refractivity contribution in [3.63, 3.8) is 0 Å². The minimum atomic E-state index is -0.818. The Bertz CT molecular complexity index is 1610. The number of aliphatic carboxylic acids is 1. The van der Waals surface area contributed by atoms with E-state index in [2.05, 4.69) is 34.8 Å². The first-order chi connectivity index (χ1) is 49.8. The Labute approximate surface area is 682 Å². The number of unbranched alkanes of at least 4 members (excludes halogenated alkanes) is 18. The number of hydrogen-bond donors (Lipinski definition) is 12. The SMILES string of the molecule is C.CC(C)N=C=NC(C)C.CCCCCCCCCCCCSC(=S)SC(C)(C)C(=O)O.CCCCCCCCCCCCSC(=S)SC(C)(C)C(=O)OC.CN(C)c1ccncc1.CO.CO.CO.CO.CO.CO.CO.CO.CO.CO.CO.COC(C)C.COC(C)C.COC(C)C.COC(C)C. The number of carboxylic acids is 1. The van der Waals surface area contributed by atoms with E-state index in [0.717, 1.165) is 96.8 Å². The van der Waals surface area contributed by atoms with Crippen LogP contribution in [-0.2, 0) is 33.3 Å². The minimum absolute atomic E-state index is 0. The van der Waals surface area contributed by atoms with Crippen molar-refractivity contribution < 1.29 is 94.6 Å². The molecule has 1 heterocycles. The van der Waals surface area contributed by atoms with Crippen molar-refractivity contribution in [3.05, 3.63) is 24.5 Å². The molecule has 106 heavy (non-hydrogen) atoms. The van der Waals surface area contributed by atoms with Crippen molar-refractivity contribution in [1.82, 2.24) is 4.98 Å². The number of aliphatic imine (C=N–C) groups is 2. The van der Waals surface area contributed by atoms with Gasteiger partial charge in [-0.1, -0.05) is 185 Å². The molecule has 0 radical (unpaired) electrons. The third-order valence-corrected chi connectivity index (χ3v) is 16.6. The van der Waals surface area contributed by atoms with Crippen LogP contribution in [0.1, 0.15) is 260 Å². The second-order valence-corrected chi connectivity index (χ2v) is 30.2. The van der Waals surface area contributed by atoms with Gasteiger partial charge in [-0.15, -0.1) is 23.5 Å². The number of ether oxygens (including phenoxy) is 5. The first-order valence-corrected chi connectivity index (χ1v) is 40.1. The molecule has 0 aliphatic carbocycles. The maximum Gasteiger partial charge on any atom is 0.321 e. The van der Waals surface area contributed by atoms with Crippen LogP contribution in [0.25, 0.3) is 0 Å². The number of hydrogen-bond acceptors (Lipinski definition) is 28. The summed E-state index contributed by atoms with van der Waals surface area (Å²) >= 11 is 16.7. The van der Waals surface area contributed by atoms with Gasteiger partial charge in [0.15, 0.2) is 0 Å². The summed E-state index contributed by atoms with van der Waals surface area (Å²) in [6.07, 6.45) is 32.0. The number of aliphatic hydroxyl groups is 11. The summed E-state index contributed by atoms with van der Waals surface area (Å²) < 4.78 is 24.0. The molecule has 0 bridgehead atoms. The van der Waals surface area contributed by atoms with E-state index in [0.29, 0.717) is 36.5 Å². The molecule has 0 aliphatic heterocycles. The summed E-state index contributed by atoms with van der Waals surface area (Å²) in [4.78, 5) is 36.5. The average molecular weight is 1660 g/mol. The Morgan fingerprint density at radius 2 is 0.642 bits per heavy atom. The zero-order valence-electron chi connectivity index (χ0n) is 73.8. The van der Waals surface area contributed by atoms with Crippen molar-refractivity contribution >= 4 is 102 Å². The number of thioether (sulfide) groups is 4. The van der Waals surface area contributed by atoms with Crippen LogP contribution < -0.4 is 4.90 Å². The number of carboxylic acid groups (broad SMARTS) is 1. The second kappa shape index (κ2) is 149. The monoisotopic (exact) mass is 1660 g/mol. The Morgan fingerprint density at radius 3 is 0.811 bits per heavy atom. The number of pyridine rings is 1. The first-order valence-electron chi connectivity index (χ1n) is 35.6. The molecular weight excluding hydrogens is 1480 g/mol. The van der Waals surface area contributed by atoms with E-state index in [1.165, 1.54) is 165 Å². The quantitative estimate of drug-likeness (QED) is 0.0135. The summed E-state index contributed by atoms with van der Waals surface area (Å²) in [7, 11) is 23.2. The van der Waals surface area contributed by atoms with Crippen LogP contribution in [0.5, 0.6) is 0 Å². The molecule has 0 fully saturated rings. The van der Waals surface area contributed by atoms with Crippen molar-refractivity contribution in [2.75, 3.05) is 144 Å². The molecule has 0 atom stereocenters. The molecule has 12 N–H and O–H groups in total. The smallest absolute Gasteiger partial charge is 0.321 e. The molecule has 0 unspecified atom stereocenters. The molecule has 1 aromatic heterocycles. The van der Waals surface area contributed by atoms with E-state index in [9.17, 15) is 9.59 Å². The molecule has 0 saturated heterocycles. The number of aliphatic hydroxyl groups excluding tert-OH is 11. The standard InChI is InChI=1S/C18H34O2S3.C17H32O2S3.C7H10N2.C7H14N2.4C4H10O.11CH4O.CH4/c1-5-6-7-8-9-10-11-12-13-14-15-22-17(21)23-18(2,3)16(19)20-4;1-4-5-6-7-8-9-10-11-12-13-14-21-16(20)22-17(2,3)15(18)19;1-9(2)7-3-5-8-6-4-7;1-6(2)8-5-9-7(3)4;4*1-4(2)5-3;11*1-2;/h5-15H2,1-4H3;4-14H2,1-3H3,(H,18,19);3-6H,1-2H3;6-7H,1-4H3;4*4H,1-3H3;11*2H,1H3;1H4. The van der Waals surface area contributed by atoms with Gasteiger partial charge in [-0.3, -0.25) is 14.6 Å². The van der Waals surface area contributed by atoms with Gasteiger partial charge in [0.25, 0.3) is 0 Å². The van der Waals surface area contributed by atoms with Gasteiger partial charge < -0.3 is 89.9 Å². The molecular formula is C77H178N4O19S6. The molecule has 23 nitrogen and oxygen atoms in total. The molecule has 0 spiro atoms. The van der Waals surface area contributed by atoms with Crippen LogP contribution >= 0.6 is 71.5 Å². The lowest BCUT2D eigenvalue weighted by Gasteiger charge is -2.20. The third kappa shape index (κ3) is 190. The van der Waals surface area contributed by atoms with Crippen molar-refractivity contribution in [1.29, 1.82) is 0 Å². The predicted octanol–water partition coefficient (Wildman–Crippen LogP) is 16.8. The van der Waals surface area contributed by atoms with E-state index in [4.69, 9.17) is 109 Å². The maximum atomic E-state index is 11.6. The van der Waals surface area contributed by atoms with Crippen LogP contribution in [0.4, 0.5) is 5.69 Å². The lowest BCUT2D eigenvalue weighted by atomic mass is 10.1. The fraction of sp³-hybridized carbons (Fsp3) is 0.870. The number of rotatable bonds is 33. The summed E-state index contributed by atoms with van der Waals surface area (Å²) in [6.45, 7) is 35.6. The van der Waals surface area contributed by atoms with E-state index in [1.54, 1.807) is 78.2 Å². The highest BCUT2D eigenvalue weighted by Gasteiger charge is 2.31. The molecule has 29 heteroatoms. The Balaban J connectivity index is -0.0000000488. The fourth-order valence-corrected chi connectivity index (χ4v) is 11.3. The zero-order chi connectivity index (χ0) is 87.5. The molecule has 0 aliphatic rings. The highest BCUT2D eigenvalue weighted by atomic mass is 32.2. The number of esters is 1. The van der Waals surface area contributed by atoms with Crippen LogP contribution in [0, 0.1) is 0 Å². The van der Waals surface area contributed by atoms with Gasteiger partial charge in [0, 0.05) is 139 Å². The third-order valence-electron chi connectivity index (χ3n) is 11.0. The number of methoxy groups -OCH3 is 5. The van der Waals surface area contributed by atoms with Crippen LogP contribution in [0.2, 0.25) is 0 Å². The lowest BCUT2D eigenvalue weighted by Crippen LogP contribution is -2.29. The number of carbonyl (C=O) groups is 2. The highest BCUT2D eigenvalue weighted by molar-refractivity contribution is 8.48. The van der Waals surface area contributed by atoms with E-state index in [1.807, 2.05) is 128 Å². The Hall–Kier alpha value is -1.75. The topological polar surface area (TPSA) is 364 Å². The Morgan fingerprint density at radius 1 is 0.434 bits per heavy atom.